The molecule has 1 saturated heterocycles. The molecule has 7 heteroatoms. The fourth-order valence-corrected chi connectivity index (χ4v) is 6.89. The predicted octanol–water partition coefficient (Wildman–Crippen LogP) is 6.98. The molecule has 1 saturated carbocycles. The minimum absolute atomic E-state index is 0.0148. The Morgan fingerprint density at radius 2 is 1.82 bits per heavy atom. The molecule has 2 aliphatic rings. The van der Waals surface area contributed by atoms with Gasteiger partial charge in [0.15, 0.2) is 5.82 Å². The highest BCUT2D eigenvalue weighted by molar-refractivity contribution is 6.00. The molecule has 2 N–H and O–H groups in total. The molecule has 5 aromatic rings. The number of benzene rings is 3. The van der Waals surface area contributed by atoms with Gasteiger partial charge in [0.05, 0.1) is 18.3 Å². The van der Waals surface area contributed by atoms with Crippen LogP contribution in [-0.4, -0.2) is 50.7 Å². The predicted molar refractivity (Wildman–Crippen MR) is 179 cm³/mol. The zero-order chi connectivity index (χ0) is 30.5. The molecule has 2 fully saturated rings. The fourth-order valence-electron chi connectivity index (χ4n) is 6.89. The van der Waals surface area contributed by atoms with E-state index in [1.807, 2.05) is 30.1 Å². The third-order valence-corrected chi connectivity index (χ3v) is 9.77. The lowest BCUT2D eigenvalue weighted by Gasteiger charge is -2.23. The Labute approximate surface area is 258 Å². The van der Waals surface area contributed by atoms with Crippen LogP contribution in [0.4, 0.5) is 0 Å². The minimum atomic E-state index is -0.0183. The van der Waals surface area contributed by atoms with Crippen molar-refractivity contribution in [2.45, 2.75) is 51.7 Å². The van der Waals surface area contributed by atoms with Crippen molar-refractivity contribution in [3.8, 4) is 17.3 Å². The van der Waals surface area contributed by atoms with Crippen LogP contribution >= 0.6 is 0 Å². The summed E-state index contributed by atoms with van der Waals surface area (Å²) in [6, 6.07) is 23.1. The first kappa shape index (κ1) is 28.4. The molecule has 1 amide bonds. The lowest BCUT2D eigenvalue weighted by atomic mass is 9.98. The third kappa shape index (κ3) is 4.99. The van der Waals surface area contributed by atoms with Crippen LogP contribution in [0.1, 0.15) is 54.6 Å². The monoisotopic (exact) mass is 587 g/mol. The van der Waals surface area contributed by atoms with Crippen LogP contribution in [0.5, 0.6) is 5.75 Å². The number of likely N-dealkylation sites (tertiary alicyclic amines) is 1. The van der Waals surface area contributed by atoms with Gasteiger partial charge < -0.3 is 24.5 Å². The molecular formula is C37H41N5O2. The average Bonchev–Trinajstić information content (AvgIpc) is 3.63. The first-order valence-corrected chi connectivity index (χ1v) is 15.8. The largest absolute Gasteiger partial charge is 0.494 e. The number of carbonyl (C=O) groups excluding carboxylic acids is 1. The van der Waals surface area contributed by atoms with Crippen LogP contribution in [0.25, 0.3) is 45.6 Å². The lowest BCUT2D eigenvalue weighted by Crippen LogP contribution is -2.41. The van der Waals surface area contributed by atoms with Crippen molar-refractivity contribution in [1.82, 2.24) is 19.0 Å². The Kier molecular flexibility index (Phi) is 7.29. The number of hydrogen-bond acceptors (Lipinski definition) is 4. The number of nitrogens with two attached hydrogens (primary N) is 1. The minimum Gasteiger partial charge on any atom is -0.494 e. The van der Waals surface area contributed by atoms with Gasteiger partial charge in [-0.3, -0.25) is 4.79 Å². The van der Waals surface area contributed by atoms with E-state index in [4.69, 9.17) is 15.5 Å². The first-order chi connectivity index (χ1) is 21.4. The zero-order valence-corrected chi connectivity index (χ0v) is 26.0. The summed E-state index contributed by atoms with van der Waals surface area (Å²) in [5.74, 6) is 2.49. The first-order valence-electron chi connectivity index (χ1n) is 15.8. The van der Waals surface area contributed by atoms with Crippen molar-refractivity contribution in [2.24, 2.45) is 24.6 Å². The second-order valence-corrected chi connectivity index (χ2v) is 12.6. The second kappa shape index (κ2) is 11.3. The topological polar surface area (TPSA) is 78.3 Å². The molecule has 1 aliphatic carbocycles. The van der Waals surface area contributed by atoms with Gasteiger partial charge >= 0.3 is 0 Å². The summed E-state index contributed by atoms with van der Waals surface area (Å²) >= 11 is 0. The lowest BCUT2D eigenvalue weighted by molar-refractivity contribution is 0.0739. The van der Waals surface area contributed by atoms with Crippen molar-refractivity contribution in [1.29, 1.82) is 0 Å². The van der Waals surface area contributed by atoms with Crippen molar-refractivity contribution in [2.75, 3.05) is 13.7 Å². The molecule has 0 radical (unpaired) electrons. The Bertz CT molecular complexity index is 1880. The Morgan fingerprint density at radius 1 is 1.05 bits per heavy atom. The van der Waals surface area contributed by atoms with Crippen LogP contribution in [-0.2, 0) is 13.6 Å². The highest BCUT2D eigenvalue weighted by Gasteiger charge is 2.39. The standard InChI is InChI=1S/C37H41N5O2/c1-5-27-22-41(23(2)34(27)38)37(43)29-18-30-35(33(20-29)44-4)40(3)36(39-30)32-19-28-17-25(12-11-24-9-7-6-8-10-24)15-16-31(28)42(32)21-26-13-14-26/h6-12,15-20,23,26-27,34H,5,13-14,21-22,38H2,1-4H3/b12-11+/t23-,27-,34-/m1/s1. The van der Waals surface area contributed by atoms with Gasteiger partial charge in [0.1, 0.15) is 11.3 Å². The molecule has 0 spiro atoms. The number of rotatable bonds is 8. The number of aromatic nitrogens is 3. The van der Waals surface area contributed by atoms with Crippen LogP contribution in [0.15, 0.2) is 66.7 Å². The molecule has 7 nitrogen and oxygen atoms in total. The maximum absolute atomic E-state index is 13.8. The Hall–Kier alpha value is -4.36. The van der Waals surface area contributed by atoms with E-state index in [9.17, 15) is 4.79 Å². The highest BCUT2D eigenvalue weighted by atomic mass is 16.5. The van der Waals surface area contributed by atoms with E-state index in [0.29, 0.717) is 29.7 Å². The van der Waals surface area contributed by atoms with Crippen LogP contribution in [0, 0.1) is 11.8 Å². The number of aryl methyl sites for hydroxylation is 1. The van der Waals surface area contributed by atoms with E-state index >= 15 is 0 Å². The number of hydrogen-bond donors (Lipinski definition) is 1. The van der Waals surface area contributed by atoms with Gasteiger partial charge in [-0.2, -0.15) is 0 Å². The molecule has 44 heavy (non-hydrogen) atoms. The van der Waals surface area contributed by atoms with Crippen molar-refractivity contribution in [3.05, 3.63) is 83.4 Å². The van der Waals surface area contributed by atoms with E-state index < -0.39 is 0 Å². The van der Waals surface area contributed by atoms with Gasteiger partial charge in [-0.25, -0.2) is 4.98 Å². The molecule has 0 bridgehead atoms. The molecule has 2 aromatic heterocycles. The van der Waals surface area contributed by atoms with Crippen molar-refractivity contribution in [3.63, 3.8) is 0 Å². The quantitative estimate of drug-likeness (QED) is 0.199. The summed E-state index contributed by atoms with van der Waals surface area (Å²) in [6.07, 6.45) is 7.80. The van der Waals surface area contributed by atoms with E-state index in [1.54, 1.807) is 7.11 Å². The van der Waals surface area contributed by atoms with Gasteiger partial charge in [0.2, 0.25) is 0 Å². The van der Waals surface area contributed by atoms with Crippen molar-refractivity contribution < 1.29 is 9.53 Å². The maximum atomic E-state index is 13.8. The summed E-state index contributed by atoms with van der Waals surface area (Å²) < 4.78 is 10.4. The molecule has 3 aromatic carbocycles. The highest BCUT2D eigenvalue weighted by Crippen LogP contribution is 2.38. The van der Waals surface area contributed by atoms with Gasteiger partial charge in [0.25, 0.3) is 5.91 Å². The van der Waals surface area contributed by atoms with Gasteiger partial charge in [-0.05, 0) is 73.1 Å². The summed E-state index contributed by atoms with van der Waals surface area (Å²) in [6.45, 7) is 5.83. The zero-order valence-electron chi connectivity index (χ0n) is 26.0. The van der Waals surface area contributed by atoms with E-state index in [1.165, 1.54) is 29.3 Å². The third-order valence-electron chi connectivity index (χ3n) is 9.77. The Morgan fingerprint density at radius 3 is 2.52 bits per heavy atom. The van der Waals surface area contributed by atoms with Gasteiger partial charge in [-0.15, -0.1) is 0 Å². The molecule has 3 heterocycles. The molecular weight excluding hydrogens is 546 g/mol. The number of ether oxygens (including phenoxy) is 1. The maximum Gasteiger partial charge on any atom is 0.254 e. The molecule has 0 unspecified atom stereocenters. The normalized spacial score (nSPS) is 20.4. The van der Waals surface area contributed by atoms with Crippen LogP contribution in [0.3, 0.4) is 0 Å². The number of carbonyl (C=O) groups is 1. The SMILES string of the molecule is CC[C@@H]1CN(C(=O)c2cc(OC)c3c(c2)nc(-c2cc4cc(/C=C/c5ccccc5)ccc4n2CC2CC2)n3C)[C@H](C)[C@H]1N. The molecule has 226 valence electrons. The number of fused-ring (bicyclic) bond motifs is 2. The number of methoxy groups -OCH3 is 1. The Balaban J connectivity index is 1.30. The summed E-state index contributed by atoms with van der Waals surface area (Å²) in [5, 5.41) is 1.19. The van der Waals surface area contributed by atoms with E-state index in [-0.39, 0.29) is 18.0 Å². The van der Waals surface area contributed by atoms with Crippen LogP contribution < -0.4 is 10.5 Å². The van der Waals surface area contributed by atoms with Crippen LogP contribution in [0.2, 0.25) is 0 Å². The average molecular weight is 588 g/mol. The summed E-state index contributed by atoms with van der Waals surface area (Å²) in [4.78, 5) is 20.9. The number of imidazole rings is 1. The van der Waals surface area contributed by atoms with E-state index in [0.717, 1.165) is 41.1 Å². The van der Waals surface area contributed by atoms with Crippen molar-refractivity contribution >= 4 is 40.0 Å². The second-order valence-electron chi connectivity index (χ2n) is 12.6. The van der Waals surface area contributed by atoms with E-state index in [2.05, 4.69) is 83.7 Å². The summed E-state index contributed by atoms with van der Waals surface area (Å²) in [7, 11) is 3.70. The molecule has 1 aliphatic heterocycles. The molecule has 7 rings (SSSR count). The fraction of sp³-hybridized carbons (Fsp3) is 0.351. The van der Waals surface area contributed by atoms with Gasteiger partial charge in [-0.1, -0.05) is 61.9 Å². The molecule has 3 atom stereocenters. The summed E-state index contributed by atoms with van der Waals surface area (Å²) in [5.41, 5.74) is 13.3. The number of nitrogens with zero attached hydrogens (tertiary/aromatic N) is 4. The number of amides is 1. The smallest absolute Gasteiger partial charge is 0.254 e. The van der Waals surface area contributed by atoms with Gasteiger partial charge in [0, 0.05) is 48.7 Å².